The summed E-state index contributed by atoms with van der Waals surface area (Å²) in [6.45, 7) is 0. The molecule has 1 aromatic heterocycles. The molecule has 1 aromatic rings. The van der Waals surface area contributed by atoms with Crippen LogP contribution in [0.15, 0.2) is 6.20 Å². The van der Waals surface area contributed by atoms with Gasteiger partial charge in [0.1, 0.15) is 4.88 Å². The minimum absolute atomic E-state index is 0.0936. The van der Waals surface area contributed by atoms with Gasteiger partial charge < -0.3 is 5.73 Å². The molecule has 0 fully saturated rings. The van der Waals surface area contributed by atoms with E-state index in [4.69, 9.17) is 5.73 Å². The van der Waals surface area contributed by atoms with Crippen LogP contribution < -0.4 is 5.73 Å². The van der Waals surface area contributed by atoms with E-state index in [0.717, 1.165) is 0 Å². The second kappa shape index (κ2) is 4.33. The molecule has 19 heavy (non-hydrogen) atoms. The lowest BCUT2D eigenvalue weighted by atomic mass is 10.0. The molecule has 0 unspecified atom stereocenters. The van der Waals surface area contributed by atoms with Gasteiger partial charge in [-0.05, 0) is 11.6 Å². The minimum atomic E-state index is -6.48. The Labute approximate surface area is 109 Å². The molecule has 12 heteroatoms. The van der Waals surface area contributed by atoms with Crippen molar-refractivity contribution in [1.29, 1.82) is 0 Å². The van der Waals surface area contributed by atoms with Crippen LogP contribution in [0.3, 0.4) is 0 Å². The van der Waals surface area contributed by atoms with E-state index in [-0.39, 0.29) is 17.5 Å². The van der Waals surface area contributed by atoms with Crippen LogP contribution >= 0.6 is 22.9 Å². The van der Waals surface area contributed by atoms with E-state index < -0.39 is 33.2 Å². The molecule has 2 nitrogen and oxygen atoms in total. The molecule has 0 aliphatic rings. The summed E-state index contributed by atoms with van der Waals surface area (Å²) in [7, 11) is 0. The van der Waals surface area contributed by atoms with E-state index in [9.17, 15) is 35.1 Å². The number of nitrogens with zero attached hydrogens (tertiary/aromatic N) is 1. The largest absolute Gasteiger partial charge is 0.393 e. The highest BCUT2D eigenvalue weighted by Gasteiger charge is 2.81. The van der Waals surface area contributed by atoms with Crippen LogP contribution in [0.25, 0.3) is 0 Å². The highest BCUT2D eigenvalue weighted by molar-refractivity contribution is 7.15. The van der Waals surface area contributed by atoms with Crippen LogP contribution in [0.4, 0.5) is 40.3 Å². The van der Waals surface area contributed by atoms with Gasteiger partial charge in [-0.3, -0.25) is 0 Å². The topological polar surface area (TPSA) is 38.9 Å². The monoisotopic (exact) mass is 334 g/mol. The Bertz CT molecular complexity index is 468. The van der Waals surface area contributed by atoms with E-state index in [0.29, 0.717) is 0 Å². The fourth-order valence-corrected chi connectivity index (χ4v) is 1.77. The zero-order chi connectivity index (χ0) is 15.3. The number of thiazole rings is 1. The Morgan fingerprint density at radius 3 is 1.79 bits per heavy atom. The van der Waals surface area contributed by atoms with E-state index in [2.05, 4.69) is 16.6 Å². The predicted octanol–water partition coefficient (Wildman–Crippen LogP) is 3.92. The van der Waals surface area contributed by atoms with Crippen LogP contribution in [0.5, 0.6) is 0 Å². The van der Waals surface area contributed by atoms with Gasteiger partial charge in [0.05, 0.1) is 0 Å². The highest BCUT2D eigenvalue weighted by atomic mass is 35.5. The van der Waals surface area contributed by atoms with Crippen molar-refractivity contribution in [3.8, 4) is 0 Å². The number of nitrogens with two attached hydrogens (primary N) is 1. The van der Waals surface area contributed by atoms with Gasteiger partial charge in [-0.2, -0.15) is 35.1 Å². The number of aromatic nitrogens is 1. The average molecular weight is 335 g/mol. The molecule has 0 saturated heterocycles. The number of nitrogen functional groups attached to an aromatic ring is 1. The maximum Gasteiger partial charge on any atom is 0.393 e. The lowest BCUT2D eigenvalue weighted by molar-refractivity contribution is -0.352. The van der Waals surface area contributed by atoms with Gasteiger partial charge >= 0.3 is 23.1 Å². The van der Waals surface area contributed by atoms with Crippen molar-refractivity contribution in [3.05, 3.63) is 11.1 Å². The first-order valence-electron chi connectivity index (χ1n) is 4.17. The molecule has 0 atom stereocenters. The summed E-state index contributed by atoms with van der Waals surface area (Å²) >= 11 is 3.54. The number of alkyl halides is 9. The second-order valence-corrected chi connectivity index (χ2v) is 4.82. The molecule has 110 valence electrons. The Balaban J connectivity index is 3.33. The first-order chi connectivity index (χ1) is 8.25. The number of anilines is 1. The number of hydrogen-bond donors (Lipinski definition) is 1. The Morgan fingerprint density at radius 2 is 1.47 bits per heavy atom. The fraction of sp³-hybridized carbons (Fsp3) is 0.571. The summed E-state index contributed by atoms with van der Waals surface area (Å²) in [5, 5.41) is -6.48. The predicted molar refractivity (Wildman–Crippen MR) is 51.1 cm³/mol. The van der Waals surface area contributed by atoms with Gasteiger partial charge in [-0.25, -0.2) is 4.98 Å². The molecule has 0 aliphatic heterocycles. The lowest BCUT2D eigenvalue weighted by Gasteiger charge is -2.33. The van der Waals surface area contributed by atoms with Crippen molar-refractivity contribution in [2.75, 3.05) is 5.73 Å². The van der Waals surface area contributed by atoms with Crippen LogP contribution in [-0.4, -0.2) is 22.2 Å². The maximum absolute atomic E-state index is 13.3. The van der Waals surface area contributed by atoms with Gasteiger partial charge in [-0.1, -0.05) is 11.3 Å². The summed E-state index contributed by atoms with van der Waals surface area (Å²) in [4.78, 5) is 1.27. The molecular weight excluding hydrogens is 332 g/mol. The average Bonchev–Trinajstić information content (AvgIpc) is 2.63. The molecule has 1 heterocycles. The summed E-state index contributed by atoms with van der Waals surface area (Å²) in [6.07, 6.45) is 0.0936. The summed E-state index contributed by atoms with van der Waals surface area (Å²) < 4.78 is 103. The molecule has 2 N–H and O–H groups in total. The molecule has 0 spiro atoms. The van der Waals surface area contributed by atoms with Crippen molar-refractivity contribution < 1.29 is 35.1 Å². The molecule has 0 saturated carbocycles. The van der Waals surface area contributed by atoms with E-state index in [1.165, 1.54) is 0 Å². The van der Waals surface area contributed by atoms with Crippen molar-refractivity contribution in [3.63, 3.8) is 0 Å². The van der Waals surface area contributed by atoms with Gasteiger partial charge in [0.15, 0.2) is 5.13 Å². The standard InChI is InChI=1S/C7H3ClF8N2S/c8-7(15,16)6(13,14)5(11,12)4(9,10)2-1-18-3(17)19-2/h1H,(H2,17,18). The number of rotatable bonds is 4. The van der Waals surface area contributed by atoms with Gasteiger partial charge in [0.2, 0.25) is 0 Å². The Kier molecular flexibility index (Phi) is 3.70. The van der Waals surface area contributed by atoms with Crippen molar-refractivity contribution in [1.82, 2.24) is 4.98 Å². The zero-order valence-corrected chi connectivity index (χ0v) is 9.98. The van der Waals surface area contributed by atoms with Crippen molar-refractivity contribution >= 4 is 28.1 Å². The first kappa shape index (κ1) is 16.2. The fourth-order valence-electron chi connectivity index (χ4n) is 0.963. The van der Waals surface area contributed by atoms with Crippen LogP contribution in [0.1, 0.15) is 4.88 Å². The smallest absolute Gasteiger partial charge is 0.375 e. The molecule has 0 radical (unpaired) electrons. The summed E-state index contributed by atoms with van der Waals surface area (Å²) in [5.74, 6) is -18.5. The molecule has 0 aliphatic carbocycles. The Morgan fingerprint density at radius 1 is 1.00 bits per heavy atom. The first-order valence-corrected chi connectivity index (χ1v) is 5.36. The van der Waals surface area contributed by atoms with Gasteiger partial charge in [0.25, 0.3) is 0 Å². The third kappa shape index (κ3) is 2.33. The SMILES string of the molecule is Nc1ncc(C(F)(F)C(F)(F)C(F)(F)C(F)(F)Cl)s1. The van der Waals surface area contributed by atoms with Crippen molar-refractivity contribution in [2.45, 2.75) is 23.1 Å². The molecule has 0 bridgehead atoms. The third-order valence-corrected chi connectivity index (χ3v) is 3.11. The highest BCUT2D eigenvalue weighted by Crippen LogP contribution is 2.57. The minimum Gasteiger partial charge on any atom is -0.375 e. The summed E-state index contributed by atoms with van der Waals surface area (Å²) in [5.41, 5.74) is 4.88. The van der Waals surface area contributed by atoms with Crippen molar-refractivity contribution in [2.24, 2.45) is 0 Å². The lowest BCUT2D eigenvalue weighted by Crippen LogP contribution is -2.59. The zero-order valence-electron chi connectivity index (χ0n) is 8.41. The summed E-state index contributed by atoms with van der Waals surface area (Å²) in [6, 6.07) is 0. The Hall–Kier alpha value is -0.840. The van der Waals surface area contributed by atoms with Crippen LogP contribution in [0.2, 0.25) is 0 Å². The van der Waals surface area contributed by atoms with E-state index in [1.807, 2.05) is 0 Å². The number of hydrogen-bond acceptors (Lipinski definition) is 3. The normalized spacial score (nSPS) is 14.8. The van der Waals surface area contributed by atoms with Gasteiger partial charge in [-0.15, -0.1) is 0 Å². The molecule has 1 rings (SSSR count). The van der Waals surface area contributed by atoms with E-state index in [1.54, 1.807) is 0 Å². The second-order valence-electron chi connectivity index (χ2n) is 3.28. The van der Waals surface area contributed by atoms with Crippen LogP contribution in [0, 0.1) is 0 Å². The number of halogens is 9. The quantitative estimate of drug-likeness (QED) is 0.669. The van der Waals surface area contributed by atoms with Crippen LogP contribution in [-0.2, 0) is 5.92 Å². The maximum atomic E-state index is 13.3. The molecule has 0 amide bonds. The molecule has 0 aromatic carbocycles. The third-order valence-electron chi connectivity index (χ3n) is 1.98. The van der Waals surface area contributed by atoms with Gasteiger partial charge in [0, 0.05) is 6.20 Å². The van der Waals surface area contributed by atoms with E-state index >= 15 is 0 Å². The molecular formula is C7H3ClF8N2S.